The summed E-state index contributed by atoms with van der Waals surface area (Å²) in [6, 6.07) is 14.2. The van der Waals surface area contributed by atoms with Gasteiger partial charge in [0.2, 0.25) is 0 Å². The molecule has 3 rings (SSSR count). The van der Waals surface area contributed by atoms with Crippen LogP contribution in [-0.2, 0) is 12.8 Å². The van der Waals surface area contributed by atoms with Gasteiger partial charge in [0.1, 0.15) is 18.6 Å². The van der Waals surface area contributed by atoms with Crippen molar-refractivity contribution in [3.8, 4) is 5.75 Å². The van der Waals surface area contributed by atoms with Crippen molar-refractivity contribution in [2.24, 2.45) is 11.8 Å². The van der Waals surface area contributed by atoms with Gasteiger partial charge in [-0.2, -0.15) is 0 Å². The van der Waals surface area contributed by atoms with Crippen molar-refractivity contribution in [3.05, 3.63) is 65.2 Å². The van der Waals surface area contributed by atoms with Gasteiger partial charge in [-0.25, -0.2) is 13.6 Å². The minimum absolute atomic E-state index is 0.0204. The van der Waals surface area contributed by atoms with Crippen molar-refractivity contribution in [1.29, 1.82) is 0 Å². The van der Waals surface area contributed by atoms with Crippen LogP contribution in [0.25, 0.3) is 0 Å². The maximum atomic E-state index is 13.2. The minimum Gasteiger partial charge on any atom is -0.423 e. The number of unbranched alkanes of at least 4 members (excludes halogenated alkanes) is 2. The lowest BCUT2D eigenvalue weighted by atomic mass is 9.78. The number of halogens is 2. The highest BCUT2D eigenvalue weighted by Gasteiger charge is 2.20. The first-order chi connectivity index (χ1) is 16.1. The summed E-state index contributed by atoms with van der Waals surface area (Å²) in [7, 11) is 0. The Balaban J connectivity index is 1.40. The standard InChI is InChI=1S/C29H38F2O2/c1-2-3-4-5-22-6-8-23(9-7-22)10-11-24-12-16-26(17-13-24)29(32)33-28-18-14-25(15-19-28)20-27(31)21-30/h12-19,22-23,27H,2-11,20-21H2,1H3/t22-,23-,27?. The van der Waals surface area contributed by atoms with E-state index in [1.165, 1.54) is 63.4 Å². The highest BCUT2D eigenvalue weighted by atomic mass is 19.2. The molecule has 1 atom stereocenters. The van der Waals surface area contributed by atoms with Crippen molar-refractivity contribution < 1.29 is 18.3 Å². The zero-order valence-corrected chi connectivity index (χ0v) is 19.9. The molecular weight excluding hydrogens is 418 g/mol. The molecule has 180 valence electrons. The molecule has 2 aromatic rings. The Morgan fingerprint density at radius 3 is 2.12 bits per heavy atom. The van der Waals surface area contributed by atoms with Crippen LogP contribution in [0.15, 0.2) is 48.5 Å². The Morgan fingerprint density at radius 1 is 0.909 bits per heavy atom. The molecule has 0 aliphatic heterocycles. The topological polar surface area (TPSA) is 26.3 Å². The van der Waals surface area contributed by atoms with Crippen LogP contribution >= 0.6 is 0 Å². The summed E-state index contributed by atoms with van der Waals surface area (Å²) < 4.78 is 30.9. The number of benzene rings is 2. The molecular formula is C29H38F2O2. The van der Waals surface area contributed by atoms with E-state index in [2.05, 4.69) is 6.92 Å². The lowest BCUT2D eigenvalue weighted by Gasteiger charge is -2.28. The fourth-order valence-electron chi connectivity index (χ4n) is 4.84. The fraction of sp³-hybridized carbons (Fsp3) is 0.552. The maximum absolute atomic E-state index is 13.2. The molecule has 1 aliphatic rings. The Kier molecular flexibility index (Phi) is 10.4. The second-order valence-electron chi connectivity index (χ2n) is 9.61. The largest absolute Gasteiger partial charge is 0.423 e. The van der Waals surface area contributed by atoms with Crippen LogP contribution in [0.4, 0.5) is 8.78 Å². The number of rotatable bonds is 12. The zero-order valence-electron chi connectivity index (χ0n) is 19.9. The second-order valence-corrected chi connectivity index (χ2v) is 9.61. The van der Waals surface area contributed by atoms with Gasteiger partial charge in [-0.1, -0.05) is 82.6 Å². The van der Waals surface area contributed by atoms with Gasteiger partial charge in [0.15, 0.2) is 0 Å². The molecule has 0 saturated heterocycles. The van der Waals surface area contributed by atoms with Gasteiger partial charge in [0.05, 0.1) is 5.56 Å². The highest BCUT2D eigenvalue weighted by Crippen LogP contribution is 2.34. The van der Waals surface area contributed by atoms with Gasteiger partial charge in [-0.3, -0.25) is 0 Å². The second kappa shape index (κ2) is 13.5. The first kappa shape index (κ1) is 25.4. The Bertz CT molecular complexity index is 824. The Labute approximate surface area is 197 Å². The number of carbonyl (C=O) groups excluding carboxylic acids is 1. The molecule has 0 N–H and O–H groups in total. The number of esters is 1. The zero-order chi connectivity index (χ0) is 23.5. The van der Waals surface area contributed by atoms with Crippen molar-refractivity contribution >= 4 is 5.97 Å². The van der Waals surface area contributed by atoms with Crippen LogP contribution in [-0.4, -0.2) is 18.8 Å². The van der Waals surface area contributed by atoms with E-state index in [1.54, 1.807) is 24.3 Å². The van der Waals surface area contributed by atoms with Gasteiger partial charge >= 0.3 is 5.97 Å². The Morgan fingerprint density at radius 2 is 1.52 bits per heavy atom. The Hall–Kier alpha value is -2.23. The molecule has 1 aliphatic carbocycles. The van der Waals surface area contributed by atoms with Crippen molar-refractivity contribution in [2.75, 3.05) is 6.67 Å². The molecule has 0 amide bonds. The average Bonchev–Trinajstić information content (AvgIpc) is 2.85. The summed E-state index contributed by atoms with van der Waals surface area (Å²) in [6.07, 6.45) is 11.8. The fourth-order valence-corrected chi connectivity index (χ4v) is 4.84. The number of carbonyl (C=O) groups is 1. The highest BCUT2D eigenvalue weighted by molar-refractivity contribution is 5.91. The minimum atomic E-state index is -1.50. The van der Waals surface area contributed by atoms with E-state index in [0.29, 0.717) is 16.9 Å². The van der Waals surface area contributed by atoms with Gasteiger partial charge in [-0.15, -0.1) is 0 Å². The summed E-state index contributed by atoms with van der Waals surface area (Å²) in [4.78, 5) is 12.4. The molecule has 33 heavy (non-hydrogen) atoms. The van der Waals surface area contributed by atoms with Crippen LogP contribution in [0, 0.1) is 11.8 Å². The molecule has 1 fully saturated rings. The third kappa shape index (κ3) is 8.57. The normalized spacial score (nSPS) is 19.2. The van der Waals surface area contributed by atoms with Crippen molar-refractivity contribution in [1.82, 2.24) is 0 Å². The van der Waals surface area contributed by atoms with Crippen LogP contribution in [0.5, 0.6) is 5.75 Å². The molecule has 4 heteroatoms. The quantitative estimate of drug-likeness (QED) is 0.183. The third-order valence-corrected chi connectivity index (χ3v) is 6.97. The van der Waals surface area contributed by atoms with E-state index < -0.39 is 18.8 Å². The monoisotopic (exact) mass is 456 g/mol. The molecule has 0 radical (unpaired) electrons. The predicted molar refractivity (Wildman–Crippen MR) is 130 cm³/mol. The van der Waals surface area contributed by atoms with E-state index in [4.69, 9.17) is 4.74 Å². The molecule has 1 unspecified atom stereocenters. The van der Waals surface area contributed by atoms with E-state index in [0.717, 1.165) is 18.3 Å². The van der Waals surface area contributed by atoms with E-state index in [-0.39, 0.29) is 6.42 Å². The number of aryl methyl sites for hydroxylation is 1. The van der Waals surface area contributed by atoms with E-state index in [1.807, 2.05) is 24.3 Å². The molecule has 0 bridgehead atoms. The van der Waals surface area contributed by atoms with Crippen LogP contribution in [0.3, 0.4) is 0 Å². The van der Waals surface area contributed by atoms with Gasteiger partial charge < -0.3 is 4.74 Å². The number of hydrogen-bond donors (Lipinski definition) is 0. The van der Waals surface area contributed by atoms with Crippen molar-refractivity contribution in [2.45, 2.75) is 83.7 Å². The third-order valence-electron chi connectivity index (χ3n) is 6.97. The van der Waals surface area contributed by atoms with E-state index in [9.17, 15) is 13.6 Å². The summed E-state index contributed by atoms with van der Waals surface area (Å²) in [5, 5.41) is 0. The number of alkyl halides is 2. The smallest absolute Gasteiger partial charge is 0.343 e. The van der Waals surface area contributed by atoms with Crippen molar-refractivity contribution in [3.63, 3.8) is 0 Å². The molecule has 2 aromatic carbocycles. The summed E-state index contributed by atoms with van der Waals surface area (Å²) in [6.45, 7) is 1.28. The van der Waals surface area contributed by atoms with E-state index >= 15 is 0 Å². The molecule has 1 saturated carbocycles. The first-order valence-electron chi connectivity index (χ1n) is 12.7. The van der Waals surface area contributed by atoms with Crippen LogP contribution in [0.2, 0.25) is 0 Å². The van der Waals surface area contributed by atoms with Crippen LogP contribution in [0.1, 0.15) is 86.2 Å². The molecule has 0 spiro atoms. The average molecular weight is 457 g/mol. The summed E-state index contributed by atoms with van der Waals surface area (Å²) in [5.74, 6) is 1.76. The van der Waals surface area contributed by atoms with Gasteiger partial charge in [-0.05, 0) is 60.1 Å². The summed E-state index contributed by atoms with van der Waals surface area (Å²) >= 11 is 0. The van der Waals surface area contributed by atoms with Gasteiger partial charge in [0.25, 0.3) is 0 Å². The number of ether oxygens (including phenoxy) is 1. The summed E-state index contributed by atoms with van der Waals surface area (Å²) in [5.41, 5.74) is 2.44. The SMILES string of the molecule is CCCCC[C@H]1CC[C@H](CCc2ccc(C(=O)Oc3ccc(CC(F)CF)cc3)cc2)CC1. The lowest BCUT2D eigenvalue weighted by Crippen LogP contribution is -2.15. The van der Waals surface area contributed by atoms with Crippen LogP contribution < -0.4 is 4.74 Å². The first-order valence-corrected chi connectivity index (χ1v) is 12.7. The molecule has 0 heterocycles. The maximum Gasteiger partial charge on any atom is 0.343 e. The molecule has 0 aromatic heterocycles. The predicted octanol–water partition coefficient (Wildman–Crippen LogP) is 8.08. The lowest BCUT2D eigenvalue weighted by molar-refractivity contribution is 0.0734. The van der Waals surface area contributed by atoms with Gasteiger partial charge in [0, 0.05) is 6.42 Å². The number of hydrogen-bond acceptors (Lipinski definition) is 2. The molecule has 2 nitrogen and oxygen atoms in total.